The van der Waals surface area contributed by atoms with Crippen LogP contribution in [0.2, 0.25) is 0 Å². The van der Waals surface area contributed by atoms with Gasteiger partial charge in [-0.2, -0.15) is 4.98 Å². The summed E-state index contributed by atoms with van der Waals surface area (Å²) in [5.41, 5.74) is 1.88. The third-order valence-corrected chi connectivity index (χ3v) is 3.81. The molecule has 0 aliphatic heterocycles. The maximum Gasteiger partial charge on any atom is 0.223 e. The van der Waals surface area contributed by atoms with Gasteiger partial charge in [0.15, 0.2) is 0 Å². The van der Waals surface area contributed by atoms with Gasteiger partial charge in [-0.15, -0.1) is 0 Å². The van der Waals surface area contributed by atoms with Crippen molar-refractivity contribution in [3.63, 3.8) is 0 Å². The van der Waals surface area contributed by atoms with E-state index in [1.807, 2.05) is 37.2 Å². The van der Waals surface area contributed by atoms with E-state index in [4.69, 9.17) is 4.74 Å². The molecule has 0 N–H and O–H groups in total. The molecule has 0 unspecified atom stereocenters. The molecule has 0 saturated heterocycles. The Bertz CT molecular complexity index is 949. The molecule has 0 radical (unpaired) electrons. The number of hydrogen-bond acceptors (Lipinski definition) is 5. The highest BCUT2D eigenvalue weighted by Gasteiger charge is 2.17. The van der Waals surface area contributed by atoms with Crippen molar-refractivity contribution in [2.45, 2.75) is 0 Å². The minimum atomic E-state index is 0.629. The maximum atomic E-state index is 5.48. The van der Waals surface area contributed by atoms with Crippen molar-refractivity contribution in [2.24, 2.45) is 0 Å². The molecule has 0 aliphatic carbocycles. The van der Waals surface area contributed by atoms with E-state index in [-0.39, 0.29) is 0 Å². The van der Waals surface area contributed by atoms with Gasteiger partial charge >= 0.3 is 0 Å². The largest absolute Gasteiger partial charge is 0.480 e. The summed E-state index contributed by atoms with van der Waals surface area (Å²) < 4.78 is 5.48. The number of nitrogens with zero attached hydrogens (tertiary/aromatic N) is 4. The molecule has 104 valence electrons. The Morgan fingerprint density at radius 1 is 0.905 bits per heavy atom. The quantitative estimate of drug-likeness (QED) is 0.528. The number of pyridine rings is 1. The van der Waals surface area contributed by atoms with Crippen molar-refractivity contribution in [3.05, 3.63) is 30.6 Å². The van der Waals surface area contributed by atoms with Crippen LogP contribution in [-0.2, 0) is 0 Å². The Morgan fingerprint density at radius 2 is 1.57 bits per heavy atom. The predicted molar refractivity (Wildman–Crippen MR) is 84.4 cm³/mol. The Labute approximate surface area is 121 Å². The number of hydrogen-bond donors (Lipinski definition) is 0. The summed E-state index contributed by atoms with van der Waals surface area (Å²) in [6.45, 7) is 0. The number of ether oxygens (including phenoxy) is 1. The third kappa shape index (κ3) is 1.54. The minimum absolute atomic E-state index is 0.629. The fraction of sp³-hybridized carbons (Fsp3) is 0.188. The summed E-state index contributed by atoms with van der Waals surface area (Å²) in [5, 5.41) is 4.26. The van der Waals surface area contributed by atoms with Crippen LogP contribution in [0.25, 0.3) is 32.6 Å². The fourth-order valence-corrected chi connectivity index (χ4v) is 2.91. The monoisotopic (exact) mass is 278 g/mol. The molecular weight excluding hydrogens is 264 g/mol. The van der Waals surface area contributed by atoms with Crippen LogP contribution in [0.3, 0.4) is 0 Å². The molecular formula is C16H14N4O. The molecule has 0 amide bonds. The maximum absolute atomic E-state index is 5.48. The Morgan fingerprint density at radius 3 is 2.19 bits per heavy atom. The standard InChI is InChI=1S/C16H14N4O/c1-20(2)15-9-4-6-11-14-12(18-8-17-11)7-5-10(13(9)14)16(19-15)21-3/h4-8H,1-3H3. The Hall–Kier alpha value is -2.69. The van der Waals surface area contributed by atoms with E-state index in [1.165, 1.54) is 0 Å². The zero-order chi connectivity index (χ0) is 14.6. The van der Waals surface area contributed by atoms with Crippen molar-refractivity contribution in [3.8, 4) is 5.88 Å². The van der Waals surface area contributed by atoms with Crippen LogP contribution in [0.5, 0.6) is 5.88 Å². The van der Waals surface area contributed by atoms with Crippen molar-refractivity contribution in [1.82, 2.24) is 15.0 Å². The normalized spacial score (nSPS) is 11.6. The lowest BCUT2D eigenvalue weighted by atomic mass is 10.00. The van der Waals surface area contributed by atoms with E-state index in [1.54, 1.807) is 13.4 Å². The second kappa shape index (κ2) is 4.15. The highest BCUT2D eigenvalue weighted by atomic mass is 16.5. The molecule has 0 fully saturated rings. The molecule has 0 saturated carbocycles. The first-order valence-corrected chi connectivity index (χ1v) is 6.71. The summed E-state index contributed by atoms with van der Waals surface area (Å²) in [4.78, 5) is 15.4. The molecule has 2 heterocycles. The number of aromatic nitrogens is 3. The van der Waals surface area contributed by atoms with E-state index in [2.05, 4.69) is 21.0 Å². The molecule has 4 rings (SSSR count). The molecule has 5 heteroatoms. The van der Waals surface area contributed by atoms with Gasteiger partial charge in [0.2, 0.25) is 5.88 Å². The lowest BCUT2D eigenvalue weighted by Crippen LogP contribution is -2.12. The van der Waals surface area contributed by atoms with Gasteiger partial charge in [-0.25, -0.2) is 9.97 Å². The van der Waals surface area contributed by atoms with Gasteiger partial charge in [0.1, 0.15) is 12.1 Å². The molecule has 0 aliphatic rings. The number of rotatable bonds is 2. The van der Waals surface area contributed by atoms with Gasteiger partial charge in [-0.1, -0.05) is 0 Å². The average molecular weight is 278 g/mol. The molecule has 2 aromatic carbocycles. The zero-order valence-corrected chi connectivity index (χ0v) is 12.1. The molecule has 0 atom stereocenters. The smallest absolute Gasteiger partial charge is 0.223 e. The number of anilines is 1. The highest BCUT2D eigenvalue weighted by molar-refractivity contribution is 6.24. The molecule has 0 spiro atoms. The van der Waals surface area contributed by atoms with Gasteiger partial charge in [-0.3, -0.25) is 0 Å². The SMILES string of the molecule is COc1nc(N(C)C)c2ccc3ncnc4ccc1c2c43. The first kappa shape index (κ1) is 12.1. The van der Waals surface area contributed by atoms with Crippen LogP contribution >= 0.6 is 0 Å². The van der Waals surface area contributed by atoms with Crippen molar-refractivity contribution in [2.75, 3.05) is 26.1 Å². The minimum Gasteiger partial charge on any atom is -0.480 e. The van der Waals surface area contributed by atoms with Crippen LogP contribution in [0.1, 0.15) is 0 Å². The Kier molecular flexibility index (Phi) is 2.39. The number of methoxy groups -OCH3 is 1. The van der Waals surface area contributed by atoms with Gasteiger partial charge in [-0.05, 0) is 24.3 Å². The van der Waals surface area contributed by atoms with E-state index >= 15 is 0 Å². The van der Waals surface area contributed by atoms with Gasteiger partial charge in [0.05, 0.1) is 18.1 Å². The summed E-state index contributed by atoms with van der Waals surface area (Å²) in [6, 6.07) is 8.10. The fourth-order valence-electron chi connectivity index (χ4n) is 2.91. The highest BCUT2D eigenvalue weighted by Crippen LogP contribution is 2.39. The van der Waals surface area contributed by atoms with Gasteiger partial charge < -0.3 is 9.64 Å². The van der Waals surface area contributed by atoms with Gasteiger partial charge in [0, 0.05) is 35.6 Å². The molecule has 5 nitrogen and oxygen atoms in total. The summed E-state index contributed by atoms with van der Waals surface area (Å²) >= 11 is 0. The van der Waals surface area contributed by atoms with Crippen LogP contribution in [0.15, 0.2) is 30.6 Å². The summed E-state index contributed by atoms with van der Waals surface area (Å²) in [5.74, 6) is 1.52. The van der Waals surface area contributed by atoms with Crippen molar-refractivity contribution in [1.29, 1.82) is 0 Å². The van der Waals surface area contributed by atoms with Crippen LogP contribution < -0.4 is 9.64 Å². The lowest BCUT2D eigenvalue weighted by Gasteiger charge is -2.18. The van der Waals surface area contributed by atoms with E-state index < -0.39 is 0 Å². The lowest BCUT2D eigenvalue weighted by molar-refractivity contribution is 0.404. The van der Waals surface area contributed by atoms with Crippen LogP contribution in [0.4, 0.5) is 5.82 Å². The van der Waals surface area contributed by atoms with E-state index in [0.29, 0.717) is 5.88 Å². The molecule has 2 aromatic heterocycles. The zero-order valence-electron chi connectivity index (χ0n) is 12.1. The van der Waals surface area contributed by atoms with Crippen molar-refractivity contribution < 1.29 is 4.74 Å². The van der Waals surface area contributed by atoms with Crippen LogP contribution in [-0.4, -0.2) is 36.2 Å². The second-order valence-corrected chi connectivity index (χ2v) is 5.23. The molecule has 0 bridgehead atoms. The Balaban J connectivity index is 2.34. The molecule has 21 heavy (non-hydrogen) atoms. The first-order chi connectivity index (χ1) is 10.2. The van der Waals surface area contributed by atoms with Gasteiger partial charge in [0.25, 0.3) is 0 Å². The topological polar surface area (TPSA) is 51.1 Å². The molecule has 4 aromatic rings. The summed E-state index contributed by atoms with van der Waals surface area (Å²) in [7, 11) is 5.61. The van der Waals surface area contributed by atoms with Crippen LogP contribution in [0, 0.1) is 0 Å². The second-order valence-electron chi connectivity index (χ2n) is 5.23. The van der Waals surface area contributed by atoms with E-state index in [9.17, 15) is 0 Å². The number of benzene rings is 2. The first-order valence-electron chi connectivity index (χ1n) is 6.71. The summed E-state index contributed by atoms with van der Waals surface area (Å²) in [6.07, 6.45) is 1.60. The third-order valence-electron chi connectivity index (χ3n) is 3.81. The van der Waals surface area contributed by atoms with Crippen molar-refractivity contribution >= 4 is 38.4 Å². The van der Waals surface area contributed by atoms with E-state index in [0.717, 1.165) is 38.4 Å². The predicted octanol–water partition coefficient (Wildman–Crippen LogP) is 2.84. The average Bonchev–Trinajstić information content (AvgIpc) is 2.51.